The zero-order chi connectivity index (χ0) is 31.2. The highest BCUT2D eigenvalue weighted by molar-refractivity contribution is 6.07. The summed E-state index contributed by atoms with van der Waals surface area (Å²) in [5.41, 5.74) is 2.62. The monoisotopic (exact) mass is 596 g/mol. The molecule has 4 aromatic carbocycles. The Labute approximate surface area is 258 Å². The van der Waals surface area contributed by atoms with Crippen molar-refractivity contribution in [2.24, 2.45) is 5.92 Å². The van der Waals surface area contributed by atoms with E-state index >= 15 is 0 Å². The minimum atomic E-state index is -0.423. The van der Waals surface area contributed by atoms with Gasteiger partial charge in [-0.2, -0.15) is 0 Å². The number of likely N-dealkylation sites (N-methyl/N-ethyl adjacent to an activating group) is 1. The summed E-state index contributed by atoms with van der Waals surface area (Å²) >= 11 is 0. The van der Waals surface area contributed by atoms with Crippen molar-refractivity contribution in [1.29, 1.82) is 0 Å². The molecular formula is C35H40N4O5. The fourth-order valence-electron chi connectivity index (χ4n) is 5.55. The molecule has 0 aliphatic carbocycles. The number of ether oxygens (including phenoxy) is 2. The van der Waals surface area contributed by atoms with Crippen LogP contribution >= 0.6 is 0 Å². The van der Waals surface area contributed by atoms with E-state index in [1.807, 2.05) is 80.7 Å². The first kappa shape index (κ1) is 30.8. The Morgan fingerprint density at radius 3 is 2.57 bits per heavy atom. The molecule has 0 radical (unpaired) electrons. The molecular weight excluding hydrogens is 556 g/mol. The average molecular weight is 597 g/mol. The number of nitrogens with zero attached hydrogens (tertiary/aromatic N) is 2. The van der Waals surface area contributed by atoms with E-state index in [9.17, 15) is 14.7 Å². The fraction of sp³-hybridized carbons (Fsp3) is 0.314. The number of fused-ring (bicyclic) bond motifs is 2. The first-order chi connectivity index (χ1) is 21.2. The molecule has 3 amide bonds. The molecule has 9 nitrogen and oxygen atoms in total. The van der Waals surface area contributed by atoms with Crippen molar-refractivity contribution in [2.45, 2.75) is 32.5 Å². The van der Waals surface area contributed by atoms with Crippen molar-refractivity contribution in [3.05, 3.63) is 96.1 Å². The Bertz CT molecular complexity index is 1600. The molecule has 0 fully saturated rings. The zero-order valence-corrected chi connectivity index (χ0v) is 25.6. The Morgan fingerprint density at radius 2 is 1.82 bits per heavy atom. The number of anilines is 2. The van der Waals surface area contributed by atoms with Crippen LogP contribution in [0.2, 0.25) is 0 Å². The maximum absolute atomic E-state index is 13.8. The van der Waals surface area contributed by atoms with Crippen LogP contribution in [0.1, 0.15) is 29.8 Å². The second-order valence-electron chi connectivity index (χ2n) is 11.5. The maximum Gasteiger partial charge on any atom is 0.323 e. The van der Waals surface area contributed by atoms with Crippen LogP contribution in [0, 0.1) is 5.92 Å². The van der Waals surface area contributed by atoms with Crippen LogP contribution in [-0.2, 0) is 6.54 Å². The van der Waals surface area contributed by atoms with Crippen LogP contribution in [0.15, 0.2) is 84.9 Å². The smallest absolute Gasteiger partial charge is 0.323 e. The van der Waals surface area contributed by atoms with Gasteiger partial charge in [0.1, 0.15) is 17.6 Å². The fourth-order valence-corrected chi connectivity index (χ4v) is 5.55. The number of amides is 3. The van der Waals surface area contributed by atoms with Crippen LogP contribution in [-0.4, -0.2) is 72.8 Å². The number of rotatable bonds is 9. The van der Waals surface area contributed by atoms with E-state index in [4.69, 9.17) is 9.47 Å². The predicted octanol–water partition coefficient (Wildman–Crippen LogP) is 5.84. The van der Waals surface area contributed by atoms with E-state index in [0.29, 0.717) is 42.3 Å². The molecule has 0 saturated carbocycles. The summed E-state index contributed by atoms with van der Waals surface area (Å²) in [5, 5.41) is 17.7. The zero-order valence-electron chi connectivity index (χ0n) is 25.6. The molecule has 230 valence electrons. The second-order valence-corrected chi connectivity index (χ2v) is 11.5. The number of benzene rings is 4. The van der Waals surface area contributed by atoms with E-state index in [1.54, 1.807) is 30.2 Å². The Kier molecular flexibility index (Phi) is 9.67. The van der Waals surface area contributed by atoms with Gasteiger partial charge in [-0.25, -0.2) is 4.79 Å². The van der Waals surface area contributed by atoms with E-state index in [0.717, 1.165) is 22.1 Å². The van der Waals surface area contributed by atoms with Gasteiger partial charge in [-0.05, 0) is 61.3 Å². The number of hydrogen-bond acceptors (Lipinski definition) is 6. The number of carbonyl (C=O) groups excluding carboxylic acids is 2. The first-order valence-corrected chi connectivity index (χ1v) is 14.9. The van der Waals surface area contributed by atoms with Crippen LogP contribution in [0.4, 0.5) is 16.2 Å². The van der Waals surface area contributed by atoms with Gasteiger partial charge in [-0.1, -0.05) is 55.5 Å². The topological polar surface area (TPSA) is 103 Å². The summed E-state index contributed by atoms with van der Waals surface area (Å²) in [5.74, 6) is 0.993. The Hall–Kier alpha value is -4.60. The third kappa shape index (κ3) is 7.12. The van der Waals surface area contributed by atoms with Gasteiger partial charge in [0.05, 0.1) is 31.0 Å². The van der Waals surface area contributed by atoms with Crippen molar-refractivity contribution in [3.63, 3.8) is 0 Å². The summed E-state index contributed by atoms with van der Waals surface area (Å²) in [6.07, 6.45) is -0.230. The standard InChI is InChI=1S/C35H40N4O5/c1-23-19-39(24(2)22-40)34(41)30-18-27(36-35(42)37-31-11-7-9-26-8-5-6-10-29(26)31)14-17-32(30)44-33(23)21-38(3)20-25-12-15-28(43-4)16-13-25/h5-18,23-24,33,40H,19-22H2,1-4H3,(H2,36,37,42)/t23-,24+,33+/m1/s1. The predicted molar refractivity (Wildman–Crippen MR) is 174 cm³/mol. The van der Waals surface area contributed by atoms with Crippen molar-refractivity contribution in [3.8, 4) is 11.5 Å². The van der Waals surface area contributed by atoms with Gasteiger partial charge in [0, 0.05) is 36.6 Å². The largest absolute Gasteiger partial charge is 0.497 e. The second kappa shape index (κ2) is 13.8. The Balaban J connectivity index is 1.36. The Morgan fingerprint density at radius 1 is 1.07 bits per heavy atom. The van der Waals surface area contributed by atoms with Crippen molar-refractivity contribution >= 4 is 34.1 Å². The van der Waals surface area contributed by atoms with Gasteiger partial charge in [0.25, 0.3) is 5.91 Å². The molecule has 5 rings (SSSR count). The molecule has 0 spiro atoms. The lowest BCUT2D eigenvalue weighted by Gasteiger charge is -2.38. The van der Waals surface area contributed by atoms with Crippen molar-refractivity contribution in [1.82, 2.24) is 9.80 Å². The minimum absolute atomic E-state index is 0.0105. The van der Waals surface area contributed by atoms with Crippen LogP contribution in [0.5, 0.6) is 11.5 Å². The highest BCUT2D eigenvalue weighted by Gasteiger charge is 2.33. The third-order valence-corrected chi connectivity index (χ3v) is 8.06. The third-order valence-electron chi connectivity index (χ3n) is 8.06. The van der Waals surface area contributed by atoms with E-state index in [-0.39, 0.29) is 30.6 Å². The average Bonchev–Trinajstić information content (AvgIpc) is 3.03. The molecule has 3 atom stereocenters. The lowest BCUT2D eigenvalue weighted by Crippen LogP contribution is -2.49. The molecule has 9 heteroatoms. The van der Waals surface area contributed by atoms with Gasteiger partial charge in [0.15, 0.2) is 0 Å². The molecule has 0 unspecified atom stereocenters. The molecule has 4 aromatic rings. The molecule has 1 aliphatic heterocycles. The van der Waals surface area contributed by atoms with E-state index in [2.05, 4.69) is 22.5 Å². The number of aliphatic hydroxyl groups excluding tert-OH is 1. The summed E-state index contributed by atoms with van der Waals surface area (Å²) in [4.78, 5) is 30.7. The highest BCUT2D eigenvalue weighted by Crippen LogP contribution is 2.31. The summed E-state index contributed by atoms with van der Waals surface area (Å²) in [6.45, 7) is 5.48. The van der Waals surface area contributed by atoms with Crippen LogP contribution < -0.4 is 20.1 Å². The molecule has 0 aromatic heterocycles. The van der Waals surface area contributed by atoms with Gasteiger partial charge in [-0.3, -0.25) is 9.69 Å². The van der Waals surface area contributed by atoms with Gasteiger partial charge >= 0.3 is 6.03 Å². The molecule has 0 bridgehead atoms. The van der Waals surface area contributed by atoms with E-state index in [1.165, 1.54) is 0 Å². The van der Waals surface area contributed by atoms with Crippen LogP contribution in [0.25, 0.3) is 10.8 Å². The first-order valence-electron chi connectivity index (χ1n) is 14.9. The molecule has 1 aliphatic rings. The lowest BCUT2D eigenvalue weighted by atomic mass is 9.99. The number of nitrogens with one attached hydrogen (secondary N) is 2. The summed E-state index contributed by atoms with van der Waals surface area (Å²) < 4.78 is 11.8. The van der Waals surface area contributed by atoms with Crippen molar-refractivity contribution in [2.75, 3.05) is 44.5 Å². The molecule has 0 saturated heterocycles. The number of methoxy groups -OCH3 is 1. The summed E-state index contributed by atoms with van der Waals surface area (Å²) in [6, 6.07) is 25.8. The van der Waals surface area contributed by atoms with Gasteiger partial charge in [0.2, 0.25) is 0 Å². The van der Waals surface area contributed by atoms with Gasteiger partial charge in [-0.15, -0.1) is 0 Å². The SMILES string of the molecule is COc1ccc(CN(C)C[C@@H]2Oc3ccc(NC(=O)Nc4cccc5ccccc45)cc3C(=O)N([C@@H](C)CO)C[C@H]2C)cc1. The number of hydrogen-bond donors (Lipinski definition) is 3. The normalized spacial score (nSPS) is 17.3. The molecule has 1 heterocycles. The highest BCUT2D eigenvalue weighted by atomic mass is 16.5. The number of urea groups is 1. The maximum atomic E-state index is 13.8. The quantitative estimate of drug-likeness (QED) is 0.224. The summed E-state index contributed by atoms with van der Waals surface area (Å²) in [7, 11) is 3.69. The van der Waals surface area contributed by atoms with Gasteiger partial charge < -0.3 is 30.1 Å². The number of aliphatic hydroxyl groups is 1. The molecule has 44 heavy (non-hydrogen) atoms. The van der Waals surface area contributed by atoms with Crippen molar-refractivity contribution < 1.29 is 24.2 Å². The minimum Gasteiger partial charge on any atom is -0.497 e. The lowest BCUT2D eigenvalue weighted by molar-refractivity contribution is 0.0341. The molecule has 3 N–H and O–H groups in total. The van der Waals surface area contributed by atoms with E-state index < -0.39 is 6.03 Å². The van der Waals surface area contributed by atoms with Crippen LogP contribution in [0.3, 0.4) is 0 Å². The number of carbonyl (C=O) groups is 2.